The number of nitrogens with two attached hydrogens (primary N) is 1. The summed E-state index contributed by atoms with van der Waals surface area (Å²) < 4.78 is 5.23. The second kappa shape index (κ2) is 3.73. The first-order valence-corrected chi connectivity index (χ1v) is 5.19. The van der Waals surface area contributed by atoms with E-state index in [9.17, 15) is 4.79 Å². The molecule has 2 aromatic heterocycles. The van der Waals surface area contributed by atoms with E-state index in [0.29, 0.717) is 22.5 Å². The molecule has 6 heteroatoms. The van der Waals surface area contributed by atoms with Crippen LogP contribution in [0.3, 0.4) is 0 Å². The number of H-pyrrole nitrogens is 1. The minimum atomic E-state index is -0.536. The van der Waals surface area contributed by atoms with Gasteiger partial charge in [-0.1, -0.05) is 0 Å². The lowest BCUT2D eigenvalue weighted by molar-refractivity contribution is 0.00639. The molecule has 0 saturated heterocycles. The van der Waals surface area contributed by atoms with Crippen molar-refractivity contribution in [3.8, 4) is 0 Å². The Labute approximate surface area is 98.2 Å². The molecular formula is C11H14N4O2. The topological polar surface area (TPSA) is 93.9 Å². The second-order valence-electron chi connectivity index (χ2n) is 4.71. The fourth-order valence-corrected chi connectivity index (χ4v) is 1.40. The molecule has 90 valence electrons. The summed E-state index contributed by atoms with van der Waals surface area (Å²) in [5.41, 5.74) is 5.99. The molecule has 0 unspecified atom stereocenters. The Kier molecular flexibility index (Phi) is 2.49. The van der Waals surface area contributed by atoms with Crippen molar-refractivity contribution < 1.29 is 9.53 Å². The van der Waals surface area contributed by atoms with E-state index in [1.807, 2.05) is 20.8 Å². The third-order valence-electron chi connectivity index (χ3n) is 2.08. The van der Waals surface area contributed by atoms with Crippen LogP contribution in [0.5, 0.6) is 0 Å². The minimum absolute atomic E-state index is 0.321. The number of ether oxygens (including phenoxy) is 1. The van der Waals surface area contributed by atoms with E-state index in [2.05, 4.69) is 15.0 Å². The lowest BCUT2D eigenvalue weighted by atomic mass is 10.2. The summed E-state index contributed by atoms with van der Waals surface area (Å²) in [4.78, 5) is 22.5. The van der Waals surface area contributed by atoms with E-state index in [1.165, 1.54) is 6.33 Å². The van der Waals surface area contributed by atoms with E-state index in [4.69, 9.17) is 10.5 Å². The van der Waals surface area contributed by atoms with Gasteiger partial charge in [-0.05, 0) is 26.8 Å². The molecule has 2 rings (SSSR count). The molecular weight excluding hydrogens is 220 g/mol. The van der Waals surface area contributed by atoms with Gasteiger partial charge in [-0.2, -0.15) is 0 Å². The molecule has 0 radical (unpaired) electrons. The van der Waals surface area contributed by atoms with Crippen molar-refractivity contribution in [2.75, 3.05) is 5.73 Å². The van der Waals surface area contributed by atoms with Gasteiger partial charge in [0, 0.05) is 0 Å². The smallest absolute Gasteiger partial charge is 0.355 e. The van der Waals surface area contributed by atoms with Crippen molar-refractivity contribution >= 4 is 22.8 Å². The fourth-order valence-electron chi connectivity index (χ4n) is 1.40. The Hall–Kier alpha value is -2.11. The van der Waals surface area contributed by atoms with Crippen molar-refractivity contribution in [2.45, 2.75) is 26.4 Å². The zero-order valence-corrected chi connectivity index (χ0v) is 9.94. The number of nitrogens with one attached hydrogen (secondary N) is 1. The molecule has 0 atom stereocenters. The number of nitrogens with zero attached hydrogens (tertiary/aromatic N) is 2. The summed E-state index contributed by atoms with van der Waals surface area (Å²) in [6.07, 6.45) is 1.34. The predicted octanol–water partition coefficient (Wildman–Crippen LogP) is 1.50. The second-order valence-corrected chi connectivity index (χ2v) is 4.71. The van der Waals surface area contributed by atoms with Crippen LogP contribution in [-0.2, 0) is 4.74 Å². The van der Waals surface area contributed by atoms with E-state index < -0.39 is 11.6 Å². The first-order chi connectivity index (χ1) is 7.87. The Morgan fingerprint density at radius 3 is 2.71 bits per heavy atom. The van der Waals surface area contributed by atoms with E-state index in [-0.39, 0.29) is 0 Å². The predicted molar refractivity (Wildman–Crippen MR) is 63.5 cm³/mol. The monoisotopic (exact) mass is 234 g/mol. The third-order valence-corrected chi connectivity index (χ3v) is 2.08. The third kappa shape index (κ3) is 2.35. The van der Waals surface area contributed by atoms with Crippen LogP contribution in [0.4, 0.5) is 5.82 Å². The number of aromatic amines is 1. The van der Waals surface area contributed by atoms with E-state index in [0.717, 1.165) is 0 Å². The SMILES string of the molecule is CC(C)(C)OC(=O)c1cc2c(N)ncnc2[nH]1. The molecule has 0 aliphatic rings. The summed E-state index contributed by atoms with van der Waals surface area (Å²) in [6.45, 7) is 5.42. The molecule has 0 fully saturated rings. The largest absolute Gasteiger partial charge is 0.455 e. The van der Waals surface area contributed by atoms with Crippen LogP contribution in [0.25, 0.3) is 11.0 Å². The molecule has 0 aliphatic heterocycles. The van der Waals surface area contributed by atoms with Crippen molar-refractivity contribution in [2.24, 2.45) is 0 Å². The number of hydrogen-bond donors (Lipinski definition) is 2. The van der Waals surface area contributed by atoms with Crippen molar-refractivity contribution in [3.05, 3.63) is 18.1 Å². The fraction of sp³-hybridized carbons (Fsp3) is 0.364. The normalized spacial score (nSPS) is 11.7. The van der Waals surface area contributed by atoms with Gasteiger partial charge >= 0.3 is 5.97 Å². The van der Waals surface area contributed by atoms with Gasteiger partial charge in [0.15, 0.2) is 0 Å². The summed E-state index contributed by atoms with van der Waals surface area (Å²) in [6, 6.07) is 1.60. The number of carbonyl (C=O) groups is 1. The Morgan fingerprint density at radius 2 is 2.12 bits per heavy atom. The Morgan fingerprint density at radius 1 is 1.41 bits per heavy atom. The van der Waals surface area contributed by atoms with Crippen molar-refractivity contribution in [1.82, 2.24) is 15.0 Å². The van der Waals surface area contributed by atoms with Gasteiger partial charge in [-0.15, -0.1) is 0 Å². The highest BCUT2D eigenvalue weighted by Gasteiger charge is 2.20. The average molecular weight is 234 g/mol. The molecule has 0 bridgehead atoms. The lowest BCUT2D eigenvalue weighted by Gasteiger charge is -2.18. The van der Waals surface area contributed by atoms with Crippen LogP contribution < -0.4 is 5.73 Å². The molecule has 0 aromatic carbocycles. The zero-order chi connectivity index (χ0) is 12.6. The summed E-state index contributed by atoms with van der Waals surface area (Å²) in [5.74, 6) is -0.101. The number of hydrogen-bond acceptors (Lipinski definition) is 5. The van der Waals surface area contributed by atoms with Crippen LogP contribution in [0, 0.1) is 0 Å². The van der Waals surface area contributed by atoms with Crippen LogP contribution in [-0.4, -0.2) is 26.5 Å². The molecule has 0 spiro atoms. The Balaban J connectivity index is 2.37. The van der Waals surface area contributed by atoms with Gasteiger partial charge in [0.05, 0.1) is 5.39 Å². The molecule has 0 saturated carbocycles. The molecule has 2 aromatic rings. The zero-order valence-electron chi connectivity index (χ0n) is 9.94. The Bertz CT molecular complexity index is 568. The molecule has 0 amide bonds. The molecule has 2 heterocycles. The van der Waals surface area contributed by atoms with Crippen LogP contribution in [0.15, 0.2) is 12.4 Å². The van der Waals surface area contributed by atoms with Gasteiger partial charge < -0.3 is 15.5 Å². The number of nitrogen functional groups attached to an aromatic ring is 1. The quantitative estimate of drug-likeness (QED) is 0.729. The number of carbonyl (C=O) groups excluding carboxylic acids is 1. The van der Waals surface area contributed by atoms with Crippen LogP contribution in [0.1, 0.15) is 31.3 Å². The first-order valence-electron chi connectivity index (χ1n) is 5.19. The minimum Gasteiger partial charge on any atom is -0.455 e. The summed E-state index contributed by atoms with van der Waals surface area (Å²) in [5, 5.41) is 0.619. The van der Waals surface area contributed by atoms with Crippen LogP contribution >= 0.6 is 0 Å². The number of rotatable bonds is 1. The number of esters is 1. The van der Waals surface area contributed by atoms with E-state index >= 15 is 0 Å². The van der Waals surface area contributed by atoms with Crippen molar-refractivity contribution in [1.29, 1.82) is 0 Å². The maximum Gasteiger partial charge on any atom is 0.355 e. The van der Waals surface area contributed by atoms with Crippen LogP contribution in [0.2, 0.25) is 0 Å². The summed E-state index contributed by atoms with van der Waals surface area (Å²) >= 11 is 0. The molecule has 17 heavy (non-hydrogen) atoms. The maximum absolute atomic E-state index is 11.8. The van der Waals surface area contributed by atoms with Gasteiger partial charge in [0.2, 0.25) is 0 Å². The number of anilines is 1. The molecule has 6 nitrogen and oxygen atoms in total. The van der Waals surface area contributed by atoms with Gasteiger partial charge in [-0.3, -0.25) is 0 Å². The number of fused-ring (bicyclic) bond motifs is 1. The van der Waals surface area contributed by atoms with Crippen molar-refractivity contribution in [3.63, 3.8) is 0 Å². The summed E-state index contributed by atoms with van der Waals surface area (Å²) in [7, 11) is 0. The van der Waals surface area contributed by atoms with Gasteiger partial charge in [-0.25, -0.2) is 14.8 Å². The van der Waals surface area contributed by atoms with Gasteiger partial charge in [0.1, 0.15) is 29.1 Å². The lowest BCUT2D eigenvalue weighted by Crippen LogP contribution is -2.24. The highest BCUT2D eigenvalue weighted by molar-refractivity contribution is 5.96. The highest BCUT2D eigenvalue weighted by Crippen LogP contribution is 2.19. The highest BCUT2D eigenvalue weighted by atomic mass is 16.6. The van der Waals surface area contributed by atoms with Gasteiger partial charge in [0.25, 0.3) is 0 Å². The molecule has 3 N–H and O–H groups in total. The maximum atomic E-state index is 11.8. The average Bonchev–Trinajstić information content (AvgIpc) is 2.60. The first kappa shape index (κ1) is 11.4. The standard InChI is InChI=1S/C11H14N4O2/c1-11(2,3)17-10(16)7-4-6-8(12)13-5-14-9(6)15-7/h4-5H,1-3H3,(H3,12,13,14,15). The number of aromatic nitrogens is 3. The van der Waals surface area contributed by atoms with E-state index in [1.54, 1.807) is 6.07 Å². The molecule has 0 aliphatic carbocycles.